The lowest BCUT2D eigenvalue weighted by atomic mass is 9.76. The molecule has 0 bridgehead atoms. The van der Waals surface area contributed by atoms with Crippen LogP contribution in [0, 0.1) is 5.82 Å². The van der Waals surface area contributed by atoms with Crippen LogP contribution >= 0.6 is 0 Å². The lowest BCUT2D eigenvalue weighted by Crippen LogP contribution is -2.39. The molecule has 94 valence electrons. The van der Waals surface area contributed by atoms with Gasteiger partial charge in [-0.2, -0.15) is 0 Å². The average molecular weight is 246 g/mol. The predicted octanol–water partition coefficient (Wildman–Crippen LogP) is 2.85. The summed E-state index contributed by atoms with van der Waals surface area (Å²) in [4.78, 5) is 0. The molecule has 1 N–H and O–H groups in total. The van der Waals surface area contributed by atoms with Gasteiger partial charge >= 0.3 is 0 Å². The summed E-state index contributed by atoms with van der Waals surface area (Å²) >= 11 is 0. The lowest BCUT2D eigenvalue weighted by Gasteiger charge is -2.36. The van der Waals surface area contributed by atoms with Crippen LogP contribution in [0.15, 0.2) is 41.1 Å². The predicted molar refractivity (Wildman–Crippen MR) is 65.5 cm³/mol. The van der Waals surface area contributed by atoms with Crippen LogP contribution in [0.4, 0.5) is 4.39 Å². The maximum Gasteiger partial charge on any atom is 0.150 e. The molecule has 0 atom stereocenters. The van der Waals surface area contributed by atoms with E-state index in [9.17, 15) is 4.39 Å². The average Bonchev–Trinajstić information content (AvgIpc) is 2.80. The van der Waals surface area contributed by atoms with Crippen molar-refractivity contribution in [2.75, 3.05) is 0 Å². The summed E-state index contributed by atoms with van der Waals surface area (Å²) in [6.07, 6.45) is 3.75. The molecule has 0 saturated heterocycles. The Kier molecular flexibility index (Phi) is 3.11. The number of hydrogen-bond donors (Lipinski definition) is 1. The molecule has 1 aliphatic carbocycles. The van der Waals surface area contributed by atoms with E-state index in [4.69, 9.17) is 4.52 Å². The van der Waals surface area contributed by atoms with Crippen LogP contribution in [0.2, 0.25) is 0 Å². The van der Waals surface area contributed by atoms with Gasteiger partial charge in [0, 0.05) is 12.1 Å². The summed E-state index contributed by atoms with van der Waals surface area (Å²) in [5.41, 5.74) is 1.10. The first-order valence-corrected chi connectivity index (χ1v) is 6.19. The second kappa shape index (κ2) is 4.90. The van der Waals surface area contributed by atoms with E-state index in [1.54, 1.807) is 18.3 Å². The summed E-state index contributed by atoms with van der Waals surface area (Å²) in [6, 6.07) is 9.25. The maximum absolute atomic E-state index is 13.1. The number of nitrogens with one attached hydrogen (secondary N) is 1. The van der Waals surface area contributed by atoms with Gasteiger partial charge in [0.2, 0.25) is 0 Å². The number of benzene rings is 1. The van der Waals surface area contributed by atoms with Crippen LogP contribution in [0.3, 0.4) is 0 Å². The van der Waals surface area contributed by atoms with Crippen molar-refractivity contribution in [2.24, 2.45) is 0 Å². The van der Waals surface area contributed by atoms with Crippen molar-refractivity contribution < 1.29 is 8.91 Å². The minimum Gasteiger partial charge on any atom is -0.360 e. The van der Waals surface area contributed by atoms with Crippen molar-refractivity contribution in [3.05, 3.63) is 53.7 Å². The van der Waals surface area contributed by atoms with Gasteiger partial charge in [-0.1, -0.05) is 17.3 Å². The molecule has 3 rings (SSSR count). The summed E-state index contributed by atoms with van der Waals surface area (Å²) in [5, 5.41) is 7.07. The van der Waals surface area contributed by atoms with E-state index in [0.29, 0.717) is 18.5 Å². The van der Waals surface area contributed by atoms with Crippen molar-refractivity contribution in [3.8, 4) is 0 Å². The van der Waals surface area contributed by atoms with Crippen LogP contribution in [-0.2, 0) is 6.54 Å². The summed E-state index contributed by atoms with van der Waals surface area (Å²) in [6.45, 7) is 0.709. The van der Waals surface area contributed by atoms with E-state index in [2.05, 4.69) is 10.5 Å². The Hall–Kier alpha value is -1.68. The zero-order valence-corrected chi connectivity index (χ0v) is 9.97. The maximum atomic E-state index is 13.1. The van der Waals surface area contributed by atoms with E-state index < -0.39 is 0 Å². The van der Waals surface area contributed by atoms with Gasteiger partial charge in [0.15, 0.2) is 0 Å². The fourth-order valence-corrected chi connectivity index (χ4v) is 2.40. The normalized spacial score (nSPS) is 22.7. The second-order valence-corrected chi connectivity index (χ2v) is 4.78. The first kappa shape index (κ1) is 11.4. The molecule has 0 amide bonds. The molecule has 0 unspecified atom stereocenters. The van der Waals surface area contributed by atoms with Crippen LogP contribution in [-0.4, -0.2) is 11.2 Å². The van der Waals surface area contributed by atoms with Crippen molar-refractivity contribution in [2.45, 2.75) is 31.3 Å². The molecular formula is C14H15FN2O. The molecule has 1 aromatic heterocycles. The molecule has 4 heteroatoms. The van der Waals surface area contributed by atoms with E-state index in [1.165, 1.54) is 6.07 Å². The molecule has 1 aliphatic rings. The molecule has 0 aliphatic heterocycles. The quantitative estimate of drug-likeness (QED) is 0.901. The van der Waals surface area contributed by atoms with Gasteiger partial charge < -0.3 is 9.84 Å². The van der Waals surface area contributed by atoms with E-state index in [1.807, 2.05) is 12.1 Å². The molecule has 1 heterocycles. The molecule has 0 radical (unpaired) electrons. The molecule has 18 heavy (non-hydrogen) atoms. The third kappa shape index (κ3) is 2.43. The number of hydrogen-bond acceptors (Lipinski definition) is 3. The molecular weight excluding hydrogens is 231 g/mol. The Bertz CT molecular complexity index is 506. The third-order valence-electron chi connectivity index (χ3n) is 3.51. The van der Waals surface area contributed by atoms with Crippen LogP contribution in [0.25, 0.3) is 0 Å². The van der Waals surface area contributed by atoms with Crippen LogP contribution in [0.5, 0.6) is 0 Å². The fraction of sp³-hybridized carbons (Fsp3) is 0.357. The summed E-state index contributed by atoms with van der Waals surface area (Å²) in [7, 11) is 0. The van der Waals surface area contributed by atoms with Crippen molar-refractivity contribution in [1.29, 1.82) is 0 Å². The largest absolute Gasteiger partial charge is 0.360 e. The molecule has 2 aromatic rings. The summed E-state index contributed by atoms with van der Waals surface area (Å²) < 4.78 is 18.1. The Morgan fingerprint density at radius 1 is 1.33 bits per heavy atom. The molecule has 1 saturated carbocycles. The third-order valence-corrected chi connectivity index (χ3v) is 3.51. The molecule has 0 spiro atoms. The number of nitrogens with zero attached hydrogens (tertiary/aromatic N) is 1. The Balaban J connectivity index is 1.48. The smallest absolute Gasteiger partial charge is 0.150 e. The first-order valence-electron chi connectivity index (χ1n) is 6.19. The minimum absolute atomic E-state index is 0.148. The van der Waals surface area contributed by atoms with E-state index in [0.717, 1.165) is 24.2 Å². The zero-order chi connectivity index (χ0) is 12.4. The number of halogens is 1. The van der Waals surface area contributed by atoms with Crippen LogP contribution < -0.4 is 5.32 Å². The highest BCUT2D eigenvalue weighted by Gasteiger charge is 2.30. The van der Waals surface area contributed by atoms with Gasteiger partial charge in [-0.3, -0.25) is 0 Å². The van der Waals surface area contributed by atoms with Crippen molar-refractivity contribution in [3.63, 3.8) is 0 Å². The highest BCUT2D eigenvalue weighted by Crippen LogP contribution is 2.37. The fourth-order valence-electron chi connectivity index (χ4n) is 2.40. The lowest BCUT2D eigenvalue weighted by molar-refractivity contribution is 0.274. The standard InChI is InChI=1S/C14H15FN2O/c15-12-3-1-2-10(6-12)11-7-13(8-11)16-9-14-4-5-17-18-14/h1-6,11,13,16H,7-9H2. The first-order chi connectivity index (χ1) is 8.81. The number of aromatic nitrogens is 1. The zero-order valence-electron chi connectivity index (χ0n) is 9.97. The highest BCUT2D eigenvalue weighted by atomic mass is 19.1. The highest BCUT2D eigenvalue weighted by molar-refractivity contribution is 5.23. The van der Waals surface area contributed by atoms with Crippen molar-refractivity contribution >= 4 is 0 Å². The minimum atomic E-state index is -0.148. The monoisotopic (exact) mass is 246 g/mol. The van der Waals surface area contributed by atoms with Gasteiger partial charge in [0.1, 0.15) is 11.6 Å². The number of rotatable bonds is 4. The Morgan fingerprint density at radius 3 is 2.94 bits per heavy atom. The molecule has 1 aromatic carbocycles. The van der Waals surface area contributed by atoms with Gasteiger partial charge in [0.25, 0.3) is 0 Å². The second-order valence-electron chi connectivity index (χ2n) is 4.78. The molecule has 1 fully saturated rings. The van der Waals surface area contributed by atoms with Crippen LogP contribution in [0.1, 0.15) is 30.1 Å². The summed E-state index contributed by atoms with van der Waals surface area (Å²) in [5.74, 6) is 1.18. The molecule has 3 nitrogen and oxygen atoms in total. The van der Waals surface area contributed by atoms with Gasteiger partial charge in [-0.15, -0.1) is 0 Å². The SMILES string of the molecule is Fc1cccc(C2CC(NCc3ccno3)C2)c1. The van der Waals surface area contributed by atoms with Gasteiger partial charge in [-0.05, 0) is 36.5 Å². The van der Waals surface area contributed by atoms with E-state index >= 15 is 0 Å². The van der Waals surface area contributed by atoms with Gasteiger partial charge in [0.05, 0.1) is 12.7 Å². The van der Waals surface area contributed by atoms with Gasteiger partial charge in [-0.25, -0.2) is 4.39 Å². The van der Waals surface area contributed by atoms with Crippen molar-refractivity contribution in [1.82, 2.24) is 10.5 Å². The Morgan fingerprint density at radius 2 is 2.22 bits per heavy atom. The van der Waals surface area contributed by atoms with E-state index in [-0.39, 0.29) is 5.82 Å². The topological polar surface area (TPSA) is 38.1 Å². The Labute approximate surface area is 105 Å².